The standard InChI is InChI=1S/C42H49NO14/c1-25(44)43-35-38(53-28(4)47)36(52-27(3)46)32(23-48-26(2)45)54-41(35)57-39-37-33(24-49-34(56-37)20-29-14-8-5-9-15-29)55-42(51-22-31-18-12-7-13-19-31)40(39)50-21-30-16-10-6-11-17-30/h5-19,32-42H,20-24H2,1-4H3,(H,43,44)/t32-,33+,34?,35-,36-,37+,38-,39-,40-,41+,42-/m0/s1. The van der Waals surface area contributed by atoms with Gasteiger partial charge in [-0.1, -0.05) is 91.0 Å². The van der Waals surface area contributed by atoms with E-state index in [2.05, 4.69) is 5.32 Å². The van der Waals surface area contributed by atoms with Gasteiger partial charge in [-0.05, 0) is 16.7 Å². The highest BCUT2D eigenvalue weighted by Gasteiger charge is 2.57. The molecular formula is C42H49NO14. The van der Waals surface area contributed by atoms with E-state index in [0.717, 1.165) is 16.7 Å². The molecule has 57 heavy (non-hydrogen) atoms. The minimum Gasteiger partial charge on any atom is -0.463 e. The Balaban J connectivity index is 1.39. The number of ether oxygens (including phenoxy) is 10. The van der Waals surface area contributed by atoms with Gasteiger partial charge in [-0.25, -0.2) is 0 Å². The molecule has 306 valence electrons. The van der Waals surface area contributed by atoms with Crippen molar-refractivity contribution < 1.29 is 66.5 Å². The Morgan fingerprint density at radius 3 is 1.79 bits per heavy atom. The Morgan fingerprint density at radius 1 is 0.632 bits per heavy atom. The van der Waals surface area contributed by atoms with Crippen LogP contribution in [0.3, 0.4) is 0 Å². The van der Waals surface area contributed by atoms with Crippen LogP contribution in [0.15, 0.2) is 91.0 Å². The Bertz CT molecular complexity index is 1760. The van der Waals surface area contributed by atoms with Crippen LogP contribution in [0.4, 0.5) is 0 Å². The molecule has 3 aromatic rings. The van der Waals surface area contributed by atoms with Crippen molar-refractivity contribution in [2.75, 3.05) is 13.2 Å². The number of nitrogens with one attached hydrogen (secondary N) is 1. The first-order chi connectivity index (χ1) is 27.5. The van der Waals surface area contributed by atoms with Gasteiger partial charge in [-0.15, -0.1) is 0 Å². The van der Waals surface area contributed by atoms with Gasteiger partial charge in [0, 0.05) is 34.1 Å². The summed E-state index contributed by atoms with van der Waals surface area (Å²) in [6.45, 7) is 4.82. The molecule has 0 bridgehead atoms. The van der Waals surface area contributed by atoms with Gasteiger partial charge in [0.2, 0.25) is 5.91 Å². The van der Waals surface area contributed by atoms with Crippen LogP contribution in [0.1, 0.15) is 44.4 Å². The third-order valence-corrected chi connectivity index (χ3v) is 9.50. The molecule has 1 N–H and O–H groups in total. The third-order valence-electron chi connectivity index (χ3n) is 9.50. The number of rotatable bonds is 15. The molecule has 0 spiro atoms. The fourth-order valence-corrected chi connectivity index (χ4v) is 7.05. The first-order valence-electron chi connectivity index (χ1n) is 18.9. The second-order valence-electron chi connectivity index (χ2n) is 14.0. The molecule has 3 aliphatic rings. The predicted octanol–water partition coefficient (Wildman–Crippen LogP) is 3.54. The van der Waals surface area contributed by atoms with E-state index in [-0.39, 0.29) is 19.8 Å². The predicted molar refractivity (Wildman–Crippen MR) is 199 cm³/mol. The molecule has 11 atom stereocenters. The minimum atomic E-state index is -1.43. The molecule has 0 saturated carbocycles. The molecule has 3 aliphatic heterocycles. The molecule has 0 aliphatic carbocycles. The number of carbonyl (C=O) groups is 4. The normalized spacial score (nSPS) is 29.6. The molecule has 15 nitrogen and oxygen atoms in total. The minimum absolute atomic E-state index is 0.110. The molecule has 1 amide bonds. The largest absolute Gasteiger partial charge is 0.463 e. The van der Waals surface area contributed by atoms with Crippen molar-refractivity contribution in [1.29, 1.82) is 0 Å². The van der Waals surface area contributed by atoms with Crippen molar-refractivity contribution in [3.63, 3.8) is 0 Å². The van der Waals surface area contributed by atoms with Gasteiger partial charge in [0.25, 0.3) is 0 Å². The van der Waals surface area contributed by atoms with E-state index in [1.807, 2.05) is 91.0 Å². The Labute approximate surface area is 331 Å². The van der Waals surface area contributed by atoms with Crippen molar-refractivity contribution in [3.05, 3.63) is 108 Å². The van der Waals surface area contributed by atoms with Gasteiger partial charge >= 0.3 is 17.9 Å². The summed E-state index contributed by atoms with van der Waals surface area (Å²) in [5.41, 5.74) is 2.73. The summed E-state index contributed by atoms with van der Waals surface area (Å²) in [7, 11) is 0. The van der Waals surface area contributed by atoms with Crippen LogP contribution in [-0.4, -0.2) is 105 Å². The SMILES string of the molecule is CC(=O)N[C@@H]1[C@@H](O[C@@H]2[C@H](OCc3ccccc3)[C@@H](OCc3ccccc3)O[C@@H]3COC(Cc4ccccc4)O[C@@H]23)O[C@@H](COC(C)=O)[C@H](OC(C)=O)[C@H]1OC(C)=O. The summed E-state index contributed by atoms with van der Waals surface area (Å²) in [5.74, 6) is -2.62. The molecule has 3 fully saturated rings. The zero-order chi connectivity index (χ0) is 40.3. The second kappa shape index (κ2) is 20.1. The summed E-state index contributed by atoms with van der Waals surface area (Å²) in [4.78, 5) is 49.8. The van der Waals surface area contributed by atoms with E-state index >= 15 is 0 Å². The van der Waals surface area contributed by atoms with Crippen LogP contribution >= 0.6 is 0 Å². The first-order valence-corrected chi connectivity index (χ1v) is 18.9. The number of amides is 1. The number of hydrogen-bond acceptors (Lipinski definition) is 14. The fourth-order valence-electron chi connectivity index (χ4n) is 7.05. The third kappa shape index (κ3) is 11.7. The van der Waals surface area contributed by atoms with Crippen molar-refractivity contribution in [3.8, 4) is 0 Å². The fraction of sp³-hybridized carbons (Fsp3) is 0.476. The molecule has 0 aromatic heterocycles. The number of carbonyl (C=O) groups excluding carboxylic acids is 4. The van der Waals surface area contributed by atoms with Crippen LogP contribution < -0.4 is 5.32 Å². The smallest absolute Gasteiger partial charge is 0.303 e. The van der Waals surface area contributed by atoms with Gasteiger partial charge < -0.3 is 52.7 Å². The maximum absolute atomic E-state index is 12.8. The number of fused-ring (bicyclic) bond motifs is 1. The Hall–Kier alpha value is -4.74. The molecule has 1 unspecified atom stereocenters. The highest BCUT2D eigenvalue weighted by atomic mass is 16.8. The van der Waals surface area contributed by atoms with E-state index in [1.54, 1.807) is 0 Å². The summed E-state index contributed by atoms with van der Waals surface area (Å²) in [6.07, 6.45) is -10.2. The summed E-state index contributed by atoms with van der Waals surface area (Å²) >= 11 is 0. The average Bonchev–Trinajstić information content (AvgIpc) is 3.19. The number of benzene rings is 3. The second-order valence-corrected chi connectivity index (χ2v) is 14.0. The monoisotopic (exact) mass is 791 g/mol. The zero-order valence-corrected chi connectivity index (χ0v) is 32.3. The lowest BCUT2D eigenvalue weighted by Gasteiger charge is -2.51. The van der Waals surface area contributed by atoms with Gasteiger partial charge in [0.1, 0.15) is 43.2 Å². The summed E-state index contributed by atoms with van der Waals surface area (Å²) in [6, 6.07) is 27.5. The van der Waals surface area contributed by atoms with Gasteiger partial charge in [-0.3, -0.25) is 19.2 Å². The molecule has 6 rings (SSSR count). The Morgan fingerprint density at radius 2 is 1.21 bits per heavy atom. The van der Waals surface area contributed by atoms with Crippen LogP contribution in [-0.2, 0) is 86.2 Å². The molecule has 0 radical (unpaired) electrons. The molecule has 3 heterocycles. The molecular weight excluding hydrogens is 742 g/mol. The van der Waals surface area contributed by atoms with Crippen molar-refractivity contribution >= 4 is 23.8 Å². The highest BCUT2D eigenvalue weighted by Crippen LogP contribution is 2.37. The van der Waals surface area contributed by atoms with Crippen LogP contribution in [0.2, 0.25) is 0 Å². The van der Waals surface area contributed by atoms with Crippen molar-refractivity contribution in [1.82, 2.24) is 5.32 Å². The lowest BCUT2D eigenvalue weighted by Crippen LogP contribution is -2.70. The Kier molecular flexibility index (Phi) is 14.8. The quantitative estimate of drug-likeness (QED) is 0.175. The van der Waals surface area contributed by atoms with Crippen LogP contribution in [0.5, 0.6) is 0 Å². The van der Waals surface area contributed by atoms with Crippen LogP contribution in [0, 0.1) is 0 Å². The average molecular weight is 792 g/mol. The van der Waals surface area contributed by atoms with E-state index in [0.29, 0.717) is 6.42 Å². The lowest BCUT2D eigenvalue weighted by atomic mass is 9.94. The lowest BCUT2D eigenvalue weighted by molar-refractivity contribution is -0.390. The topological polar surface area (TPSA) is 173 Å². The van der Waals surface area contributed by atoms with Gasteiger partial charge in [0.15, 0.2) is 31.1 Å². The van der Waals surface area contributed by atoms with Crippen molar-refractivity contribution in [2.24, 2.45) is 0 Å². The highest BCUT2D eigenvalue weighted by molar-refractivity contribution is 5.73. The van der Waals surface area contributed by atoms with E-state index in [4.69, 9.17) is 47.4 Å². The molecule has 15 heteroatoms. The maximum atomic E-state index is 12.8. The molecule has 3 aromatic carbocycles. The number of esters is 3. The van der Waals surface area contributed by atoms with Crippen molar-refractivity contribution in [2.45, 2.75) is 115 Å². The summed E-state index contributed by atoms with van der Waals surface area (Å²) in [5, 5.41) is 2.78. The van der Waals surface area contributed by atoms with E-state index in [1.165, 1.54) is 27.7 Å². The maximum Gasteiger partial charge on any atom is 0.303 e. The number of hydrogen-bond donors (Lipinski definition) is 1. The van der Waals surface area contributed by atoms with Gasteiger partial charge in [-0.2, -0.15) is 0 Å². The summed E-state index contributed by atoms with van der Waals surface area (Å²) < 4.78 is 62.5. The van der Waals surface area contributed by atoms with E-state index in [9.17, 15) is 19.2 Å². The first kappa shape index (κ1) is 41.9. The zero-order valence-electron chi connectivity index (χ0n) is 32.3. The van der Waals surface area contributed by atoms with Crippen LogP contribution in [0.25, 0.3) is 0 Å². The molecule has 3 saturated heterocycles. The van der Waals surface area contributed by atoms with E-state index < -0.39 is 98.1 Å². The van der Waals surface area contributed by atoms with Gasteiger partial charge in [0.05, 0.1) is 19.8 Å².